The highest BCUT2D eigenvalue weighted by Gasteiger charge is 2.39. The van der Waals surface area contributed by atoms with Gasteiger partial charge in [-0.25, -0.2) is 9.59 Å². The van der Waals surface area contributed by atoms with E-state index in [1.807, 2.05) is 65.8 Å². The number of nitrogens with zero attached hydrogens (tertiary/aromatic N) is 1. The van der Waals surface area contributed by atoms with Gasteiger partial charge >= 0.3 is 18.0 Å². The number of esters is 2. The first kappa shape index (κ1) is 26.4. The molecule has 1 aliphatic heterocycles. The molecule has 0 aliphatic carbocycles. The Kier molecular flexibility index (Phi) is 8.69. The van der Waals surface area contributed by atoms with Gasteiger partial charge in [-0.15, -0.1) is 0 Å². The minimum Gasteiger partial charge on any atom is -0.466 e. The van der Waals surface area contributed by atoms with Crippen LogP contribution in [0.2, 0.25) is 0 Å². The van der Waals surface area contributed by atoms with Crippen molar-refractivity contribution in [2.75, 3.05) is 20.2 Å². The minimum absolute atomic E-state index is 0.0402. The Balaban J connectivity index is 2.20. The normalized spacial score (nSPS) is 17.7. The number of methoxy groups -OCH3 is 1. The van der Waals surface area contributed by atoms with Crippen LogP contribution in [0.25, 0.3) is 6.08 Å². The van der Waals surface area contributed by atoms with E-state index in [1.54, 1.807) is 11.0 Å². The maximum absolute atomic E-state index is 13.2. The maximum Gasteiger partial charge on any atom is 0.410 e. The summed E-state index contributed by atoms with van der Waals surface area (Å²) in [7, 11) is 1.33. The molecule has 1 aromatic rings. The summed E-state index contributed by atoms with van der Waals surface area (Å²) in [4.78, 5) is 38.8. The van der Waals surface area contributed by atoms with E-state index in [4.69, 9.17) is 9.47 Å². The Morgan fingerprint density at radius 2 is 1.76 bits per heavy atom. The second-order valence-electron chi connectivity index (χ2n) is 10.4. The van der Waals surface area contributed by atoms with Crippen LogP contribution in [0.4, 0.5) is 4.79 Å². The summed E-state index contributed by atoms with van der Waals surface area (Å²) < 4.78 is 15.9. The SMILES string of the molecule is COC(=O)C=Cc1cccc(C[C@H](C(=O)OC(C)(C)C)[C@H]2CCN(C(=O)OC(C)(C)C)C2)c1. The zero-order valence-corrected chi connectivity index (χ0v) is 20.8. The van der Waals surface area contributed by atoms with Gasteiger partial charge in [0.15, 0.2) is 0 Å². The molecular weight excluding hydrogens is 422 g/mol. The molecule has 0 bridgehead atoms. The molecule has 0 aromatic heterocycles. The predicted molar refractivity (Wildman–Crippen MR) is 126 cm³/mol. The van der Waals surface area contributed by atoms with E-state index in [1.165, 1.54) is 13.2 Å². The van der Waals surface area contributed by atoms with Gasteiger partial charge in [0.25, 0.3) is 0 Å². The number of hydrogen-bond donors (Lipinski definition) is 0. The summed E-state index contributed by atoms with van der Waals surface area (Å²) in [5.74, 6) is -1.15. The summed E-state index contributed by atoms with van der Waals surface area (Å²) in [6.45, 7) is 12.0. The van der Waals surface area contributed by atoms with Crippen molar-refractivity contribution < 1.29 is 28.6 Å². The van der Waals surface area contributed by atoms with E-state index in [2.05, 4.69) is 4.74 Å². The Labute approximate surface area is 197 Å². The van der Waals surface area contributed by atoms with Gasteiger partial charge in [0.2, 0.25) is 0 Å². The van der Waals surface area contributed by atoms with E-state index >= 15 is 0 Å². The molecule has 0 unspecified atom stereocenters. The van der Waals surface area contributed by atoms with Crippen LogP contribution in [0.15, 0.2) is 30.3 Å². The Hall–Kier alpha value is -2.83. The van der Waals surface area contributed by atoms with Gasteiger partial charge in [0.05, 0.1) is 13.0 Å². The molecule has 33 heavy (non-hydrogen) atoms. The van der Waals surface area contributed by atoms with Crippen molar-refractivity contribution in [1.82, 2.24) is 4.90 Å². The van der Waals surface area contributed by atoms with E-state index in [9.17, 15) is 14.4 Å². The van der Waals surface area contributed by atoms with E-state index in [0.29, 0.717) is 25.9 Å². The molecule has 0 spiro atoms. The summed E-state index contributed by atoms with van der Waals surface area (Å²) in [5.41, 5.74) is 0.609. The second kappa shape index (κ2) is 10.9. The number of likely N-dealkylation sites (tertiary alicyclic amines) is 1. The van der Waals surface area contributed by atoms with Gasteiger partial charge in [-0.2, -0.15) is 0 Å². The quantitative estimate of drug-likeness (QED) is 0.350. The number of amides is 1. The first-order chi connectivity index (χ1) is 15.3. The number of benzene rings is 1. The standard InChI is InChI=1S/C26H37NO6/c1-25(2,3)32-23(29)21(20-13-14-27(17-20)24(30)33-26(4,5)6)16-19-10-8-9-18(15-19)11-12-22(28)31-7/h8-12,15,20-21H,13-14,16-17H2,1-7H3/t20-,21-/m0/s1. The van der Waals surface area contributed by atoms with Crippen LogP contribution >= 0.6 is 0 Å². The summed E-state index contributed by atoms with van der Waals surface area (Å²) in [6, 6.07) is 7.66. The highest BCUT2D eigenvalue weighted by molar-refractivity contribution is 5.86. The summed E-state index contributed by atoms with van der Waals surface area (Å²) in [5, 5.41) is 0. The van der Waals surface area contributed by atoms with E-state index in [-0.39, 0.29) is 18.0 Å². The number of ether oxygens (including phenoxy) is 3. The predicted octanol–water partition coefficient (Wildman–Crippen LogP) is 4.63. The second-order valence-corrected chi connectivity index (χ2v) is 10.4. The molecular formula is C26H37NO6. The molecule has 1 amide bonds. The van der Waals surface area contributed by atoms with Gasteiger partial charge in [0.1, 0.15) is 11.2 Å². The first-order valence-corrected chi connectivity index (χ1v) is 11.3. The van der Waals surface area contributed by atoms with Crippen LogP contribution in [-0.2, 0) is 30.2 Å². The molecule has 0 N–H and O–H groups in total. The molecule has 2 rings (SSSR count). The van der Waals surface area contributed by atoms with Crippen molar-refractivity contribution in [3.63, 3.8) is 0 Å². The third-order valence-corrected chi connectivity index (χ3v) is 5.17. The van der Waals surface area contributed by atoms with Crippen molar-refractivity contribution >= 4 is 24.1 Å². The molecule has 0 saturated carbocycles. The largest absolute Gasteiger partial charge is 0.466 e. The first-order valence-electron chi connectivity index (χ1n) is 11.3. The lowest BCUT2D eigenvalue weighted by Gasteiger charge is -2.28. The van der Waals surface area contributed by atoms with Crippen LogP contribution in [-0.4, -0.2) is 54.3 Å². The fraction of sp³-hybridized carbons (Fsp3) is 0.577. The van der Waals surface area contributed by atoms with Crippen molar-refractivity contribution in [1.29, 1.82) is 0 Å². The topological polar surface area (TPSA) is 82.1 Å². The monoisotopic (exact) mass is 459 g/mol. The minimum atomic E-state index is -0.607. The molecule has 1 saturated heterocycles. The Morgan fingerprint density at radius 3 is 2.36 bits per heavy atom. The molecule has 7 nitrogen and oxygen atoms in total. The van der Waals surface area contributed by atoms with Gasteiger partial charge in [-0.05, 0) is 77.5 Å². The maximum atomic E-state index is 13.2. The number of hydrogen-bond acceptors (Lipinski definition) is 6. The number of carbonyl (C=O) groups excluding carboxylic acids is 3. The van der Waals surface area contributed by atoms with E-state index < -0.39 is 23.1 Å². The lowest BCUT2D eigenvalue weighted by molar-refractivity contribution is -0.162. The summed E-state index contributed by atoms with van der Waals surface area (Å²) in [6.07, 6.45) is 3.85. The average Bonchev–Trinajstić information content (AvgIpc) is 3.18. The van der Waals surface area contributed by atoms with Gasteiger partial charge in [0, 0.05) is 19.2 Å². The zero-order chi connectivity index (χ0) is 24.8. The van der Waals surface area contributed by atoms with Crippen LogP contribution in [0.3, 0.4) is 0 Å². The molecule has 182 valence electrons. The van der Waals surface area contributed by atoms with Crippen molar-refractivity contribution in [3.8, 4) is 0 Å². The molecule has 2 atom stereocenters. The number of carbonyl (C=O) groups is 3. The molecule has 0 radical (unpaired) electrons. The fourth-order valence-corrected chi connectivity index (χ4v) is 3.74. The Morgan fingerprint density at radius 1 is 1.09 bits per heavy atom. The van der Waals surface area contributed by atoms with Gasteiger partial charge in [-0.3, -0.25) is 4.79 Å². The highest BCUT2D eigenvalue weighted by atomic mass is 16.6. The molecule has 1 aromatic carbocycles. The molecule has 1 aliphatic rings. The van der Waals surface area contributed by atoms with Crippen LogP contribution in [0.5, 0.6) is 0 Å². The fourth-order valence-electron chi connectivity index (χ4n) is 3.74. The smallest absolute Gasteiger partial charge is 0.410 e. The third kappa shape index (κ3) is 8.91. The Bertz CT molecular complexity index is 878. The van der Waals surface area contributed by atoms with E-state index in [0.717, 1.165) is 11.1 Å². The van der Waals surface area contributed by atoms with Gasteiger partial charge < -0.3 is 19.1 Å². The lowest BCUT2D eigenvalue weighted by Crippen LogP contribution is -2.38. The third-order valence-electron chi connectivity index (χ3n) is 5.17. The van der Waals surface area contributed by atoms with Crippen molar-refractivity contribution in [2.45, 2.75) is 65.6 Å². The molecule has 7 heteroatoms. The van der Waals surface area contributed by atoms with Crippen LogP contribution < -0.4 is 0 Å². The number of rotatable bonds is 6. The molecule has 1 fully saturated rings. The van der Waals surface area contributed by atoms with Crippen LogP contribution in [0.1, 0.15) is 59.1 Å². The summed E-state index contributed by atoms with van der Waals surface area (Å²) >= 11 is 0. The van der Waals surface area contributed by atoms with Crippen molar-refractivity contribution in [2.24, 2.45) is 11.8 Å². The van der Waals surface area contributed by atoms with Crippen LogP contribution in [0, 0.1) is 11.8 Å². The van der Waals surface area contributed by atoms with Gasteiger partial charge in [-0.1, -0.05) is 24.3 Å². The van der Waals surface area contributed by atoms with Crippen molar-refractivity contribution in [3.05, 3.63) is 41.5 Å². The highest BCUT2D eigenvalue weighted by Crippen LogP contribution is 2.31. The zero-order valence-electron chi connectivity index (χ0n) is 20.8. The molecule has 1 heterocycles. The average molecular weight is 460 g/mol. The lowest BCUT2D eigenvalue weighted by atomic mass is 9.85.